The average Bonchev–Trinajstić information content (AvgIpc) is 3.13. The summed E-state index contributed by atoms with van der Waals surface area (Å²) >= 11 is 6.37. The van der Waals surface area contributed by atoms with Crippen LogP contribution >= 0.6 is 11.6 Å². The van der Waals surface area contributed by atoms with Gasteiger partial charge in [-0.15, -0.1) is 0 Å². The molecule has 1 aromatic carbocycles. The van der Waals surface area contributed by atoms with Gasteiger partial charge in [0.05, 0.1) is 22.9 Å². The van der Waals surface area contributed by atoms with Crippen molar-refractivity contribution in [2.24, 2.45) is 0 Å². The Morgan fingerprint density at radius 2 is 2.09 bits per heavy atom. The predicted octanol–water partition coefficient (Wildman–Crippen LogP) is 3.79. The van der Waals surface area contributed by atoms with Gasteiger partial charge >= 0.3 is 0 Å². The zero-order valence-electron chi connectivity index (χ0n) is 13.5. The van der Waals surface area contributed by atoms with Gasteiger partial charge in [-0.2, -0.15) is 20.5 Å². The van der Waals surface area contributed by atoms with E-state index in [0.717, 1.165) is 34.8 Å². The van der Waals surface area contributed by atoms with Gasteiger partial charge in [-0.1, -0.05) is 37.3 Å². The summed E-state index contributed by atoms with van der Waals surface area (Å²) in [6.45, 7) is 8.15. The molecular weight excluding hydrogens is 330 g/mol. The highest BCUT2D eigenvalue weighted by Crippen LogP contribution is 2.31. The number of benzene rings is 1. The highest BCUT2D eigenvalue weighted by molar-refractivity contribution is 6.76. The van der Waals surface area contributed by atoms with Crippen molar-refractivity contribution in [3.05, 3.63) is 29.5 Å². The minimum atomic E-state index is -1.09. The first-order valence-corrected chi connectivity index (χ1v) is 11.6. The summed E-state index contributed by atoms with van der Waals surface area (Å²) in [7, 11) is -1.09. The van der Waals surface area contributed by atoms with Crippen molar-refractivity contribution < 1.29 is 4.74 Å². The third kappa shape index (κ3) is 3.62. The Kier molecular flexibility index (Phi) is 4.52. The van der Waals surface area contributed by atoms with Gasteiger partial charge in [-0.05, 0) is 12.1 Å². The van der Waals surface area contributed by atoms with Crippen LogP contribution in [0.15, 0.2) is 24.5 Å². The van der Waals surface area contributed by atoms with Gasteiger partial charge in [-0.3, -0.25) is 0 Å². The summed E-state index contributed by atoms with van der Waals surface area (Å²) in [5, 5.41) is 16.6. The minimum Gasteiger partial charge on any atom is -0.360 e. The summed E-state index contributed by atoms with van der Waals surface area (Å²) in [5.41, 5.74) is 2.58. The summed E-state index contributed by atoms with van der Waals surface area (Å²) in [5.74, 6) is 0. The first-order chi connectivity index (χ1) is 11.0. The van der Waals surface area contributed by atoms with Crippen LogP contribution in [-0.2, 0) is 11.5 Å². The first kappa shape index (κ1) is 16.2. The maximum atomic E-state index is 6.37. The molecule has 0 unspecified atom stereocenters. The van der Waals surface area contributed by atoms with Gasteiger partial charge in [0.2, 0.25) is 0 Å². The fourth-order valence-electron chi connectivity index (χ4n) is 2.34. The molecule has 0 saturated carbocycles. The number of fused-ring (bicyclic) bond motifs is 1. The molecule has 8 heteroatoms. The molecule has 0 atom stereocenters. The minimum absolute atomic E-state index is 0.399. The third-order valence-electron chi connectivity index (χ3n) is 3.65. The van der Waals surface area contributed by atoms with E-state index in [1.165, 1.54) is 0 Å². The maximum absolute atomic E-state index is 6.37. The van der Waals surface area contributed by atoms with E-state index in [-0.39, 0.29) is 0 Å². The van der Waals surface area contributed by atoms with Crippen molar-refractivity contribution in [3.63, 3.8) is 0 Å². The number of nitrogens with zero attached hydrogens (tertiary/aromatic N) is 4. The Morgan fingerprint density at radius 1 is 1.26 bits per heavy atom. The van der Waals surface area contributed by atoms with E-state index >= 15 is 0 Å². The number of aromatic amines is 1. The number of nitrogens with one attached hydrogen (secondary N) is 1. The zero-order valence-corrected chi connectivity index (χ0v) is 15.3. The molecule has 0 radical (unpaired) electrons. The van der Waals surface area contributed by atoms with E-state index < -0.39 is 8.07 Å². The molecule has 0 spiro atoms. The zero-order chi connectivity index (χ0) is 16.4. The number of ether oxygens (including phenoxy) is 1. The molecular formula is C15H20ClN5OSi. The molecule has 3 aromatic rings. The SMILES string of the molecule is C[Si](C)(C)CCOCn1ncc2c(-c3cn[nH]n3)ccc(Cl)c21. The number of hydrogen-bond donors (Lipinski definition) is 1. The van der Waals surface area contributed by atoms with Gasteiger partial charge < -0.3 is 4.74 Å². The molecule has 1 N–H and O–H groups in total. The van der Waals surface area contributed by atoms with Gasteiger partial charge in [0.1, 0.15) is 12.4 Å². The average molecular weight is 350 g/mol. The highest BCUT2D eigenvalue weighted by Gasteiger charge is 2.15. The summed E-state index contributed by atoms with van der Waals surface area (Å²) in [6.07, 6.45) is 3.48. The number of rotatable bonds is 6. The molecule has 2 aromatic heterocycles. The van der Waals surface area contributed by atoms with Crippen LogP contribution in [0.5, 0.6) is 0 Å². The van der Waals surface area contributed by atoms with Crippen LogP contribution in [0.1, 0.15) is 0 Å². The lowest BCUT2D eigenvalue weighted by atomic mass is 10.1. The fourth-order valence-corrected chi connectivity index (χ4v) is 3.36. The molecule has 0 saturated heterocycles. The van der Waals surface area contributed by atoms with Gasteiger partial charge in [0.25, 0.3) is 0 Å². The Labute approximate surface area is 140 Å². The summed E-state index contributed by atoms with van der Waals surface area (Å²) in [6, 6.07) is 4.92. The molecule has 2 heterocycles. The fraction of sp³-hybridized carbons (Fsp3) is 0.400. The van der Waals surface area contributed by atoms with Crippen LogP contribution in [0, 0.1) is 0 Å². The van der Waals surface area contributed by atoms with Gasteiger partial charge in [0, 0.05) is 25.6 Å². The molecule has 0 aliphatic carbocycles. The molecule has 6 nitrogen and oxygen atoms in total. The Morgan fingerprint density at radius 3 is 2.78 bits per heavy atom. The van der Waals surface area contributed by atoms with E-state index in [2.05, 4.69) is 40.2 Å². The summed E-state index contributed by atoms with van der Waals surface area (Å²) < 4.78 is 7.59. The number of hydrogen-bond acceptors (Lipinski definition) is 4. The number of aromatic nitrogens is 5. The highest BCUT2D eigenvalue weighted by atomic mass is 35.5. The van der Waals surface area contributed by atoms with Crippen molar-refractivity contribution in [2.45, 2.75) is 32.4 Å². The molecule has 23 heavy (non-hydrogen) atoms. The molecule has 3 rings (SSSR count). The molecule has 0 fully saturated rings. The van der Waals surface area contributed by atoms with E-state index in [1.54, 1.807) is 17.1 Å². The van der Waals surface area contributed by atoms with Crippen LogP contribution in [0.3, 0.4) is 0 Å². The second kappa shape index (κ2) is 6.43. The predicted molar refractivity (Wildman–Crippen MR) is 94.2 cm³/mol. The molecule has 122 valence electrons. The topological polar surface area (TPSA) is 68.6 Å². The Hall–Kier alpha value is -1.70. The monoisotopic (exact) mass is 349 g/mol. The Bertz CT molecular complexity index is 794. The van der Waals surface area contributed by atoms with Gasteiger partial charge in [0.15, 0.2) is 0 Å². The van der Waals surface area contributed by atoms with Crippen LogP contribution in [0.4, 0.5) is 0 Å². The standard InChI is InChI=1S/C15H20ClN5OSi/c1-23(2,3)7-6-22-10-21-15-12(8-18-21)11(4-5-13(15)16)14-9-17-20-19-14/h4-5,8-9H,6-7,10H2,1-3H3,(H,17,19,20). The molecule has 0 amide bonds. The normalized spacial score (nSPS) is 12.2. The van der Waals surface area contributed by atoms with E-state index in [4.69, 9.17) is 16.3 Å². The van der Waals surface area contributed by atoms with Crippen molar-refractivity contribution in [2.75, 3.05) is 6.61 Å². The second-order valence-corrected chi connectivity index (χ2v) is 12.7. The van der Waals surface area contributed by atoms with E-state index in [9.17, 15) is 0 Å². The van der Waals surface area contributed by atoms with Crippen molar-refractivity contribution >= 4 is 30.6 Å². The van der Waals surface area contributed by atoms with Crippen LogP contribution in [-0.4, -0.2) is 39.9 Å². The van der Waals surface area contributed by atoms with Crippen molar-refractivity contribution in [3.8, 4) is 11.3 Å². The third-order valence-corrected chi connectivity index (χ3v) is 5.66. The number of halogens is 1. The smallest absolute Gasteiger partial charge is 0.140 e. The Balaban J connectivity index is 1.84. The van der Waals surface area contributed by atoms with E-state index in [1.807, 2.05) is 12.1 Å². The van der Waals surface area contributed by atoms with Gasteiger partial charge in [-0.25, -0.2) is 4.68 Å². The lowest BCUT2D eigenvalue weighted by Crippen LogP contribution is -2.22. The molecule has 0 aliphatic heterocycles. The lowest BCUT2D eigenvalue weighted by molar-refractivity contribution is 0.0817. The molecule has 0 aliphatic rings. The largest absolute Gasteiger partial charge is 0.360 e. The quantitative estimate of drug-likeness (QED) is 0.543. The maximum Gasteiger partial charge on any atom is 0.140 e. The van der Waals surface area contributed by atoms with Crippen molar-refractivity contribution in [1.29, 1.82) is 0 Å². The van der Waals surface area contributed by atoms with E-state index in [0.29, 0.717) is 11.8 Å². The van der Waals surface area contributed by atoms with Crippen molar-refractivity contribution in [1.82, 2.24) is 25.2 Å². The van der Waals surface area contributed by atoms with Crippen LogP contribution in [0.25, 0.3) is 22.2 Å². The first-order valence-electron chi connectivity index (χ1n) is 7.53. The second-order valence-electron chi connectivity index (χ2n) is 6.70. The lowest BCUT2D eigenvalue weighted by Gasteiger charge is -2.15. The molecule has 0 bridgehead atoms. The summed E-state index contributed by atoms with van der Waals surface area (Å²) in [4.78, 5) is 0. The number of H-pyrrole nitrogens is 1. The van der Waals surface area contributed by atoms with Crippen LogP contribution in [0.2, 0.25) is 30.7 Å². The van der Waals surface area contributed by atoms with Crippen LogP contribution < -0.4 is 0 Å².